The van der Waals surface area contributed by atoms with Crippen LogP contribution in [0, 0.1) is 11.7 Å². The number of nitrogens with zero attached hydrogens (tertiary/aromatic N) is 3. The summed E-state index contributed by atoms with van der Waals surface area (Å²) in [4.78, 5) is 45.6. The maximum Gasteiger partial charge on any atom is 0.434 e. The van der Waals surface area contributed by atoms with Crippen LogP contribution in [0.5, 0.6) is 0 Å². The number of fused-ring (bicyclic) bond motifs is 1. The van der Waals surface area contributed by atoms with Crippen molar-refractivity contribution >= 4 is 34.2 Å². The number of likely N-dealkylation sites (N-methyl/N-ethyl adjacent to an activating group) is 1. The molecule has 0 bridgehead atoms. The first-order chi connectivity index (χ1) is 14.5. The lowest BCUT2D eigenvalue weighted by atomic mass is 9.81. The third-order valence-corrected chi connectivity index (χ3v) is 5.02. The number of methoxy groups -OCH3 is 1. The van der Waals surface area contributed by atoms with E-state index in [2.05, 4.69) is 9.97 Å². The smallest absolute Gasteiger partial charge is 0.383 e. The minimum atomic E-state index is -5.06. The highest BCUT2D eigenvalue weighted by Gasteiger charge is 2.43. The van der Waals surface area contributed by atoms with Crippen LogP contribution in [-0.2, 0) is 20.5 Å². The molecule has 2 aromatic heterocycles. The predicted molar refractivity (Wildman–Crippen MR) is 101 cm³/mol. The van der Waals surface area contributed by atoms with E-state index < -0.39 is 52.2 Å². The summed E-state index contributed by atoms with van der Waals surface area (Å²) in [6.07, 6.45) is -4.95. The number of ether oxygens (including phenoxy) is 1. The van der Waals surface area contributed by atoms with Crippen molar-refractivity contribution in [3.63, 3.8) is 0 Å². The maximum absolute atomic E-state index is 14.6. The van der Waals surface area contributed by atoms with Gasteiger partial charge in [0.1, 0.15) is 5.92 Å². The molecule has 0 aliphatic heterocycles. The van der Waals surface area contributed by atoms with Crippen molar-refractivity contribution in [3.8, 4) is 0 Å². The number of carbonyl (C=O) groups excluding carboxylic acids is 3. The summed E-state index contributed by atoms with van der Waals surface area (Å²) in [5.74, 6) is -5.61. The number of pyridine rings is 2. The number of rotatable bonds is 6. The zero-order chi connectivity index (χ0) is 22.9. The number of aromatic nitrogens is 2. The second kappa shape index (κ2) is 8.66. The lowest BCUT2D eigenvalue weighted by molar-refractivity contribution is -0.142. The van der Waals surface area contributed by atoms with Gasteiger partial charge in [-0.05, 0) is 18.6 Å². The monoisotopic (exact) mass is 441 g/mol. The van der Waals surface area contributed by atoms with Crippen LogP contribution in [0.2, 0.25) is 0 Å². The number of hydrogen-bond donors (Lipinski definition) is 0. The van der Waals surface area contributed by atoms with Crippen molar-refractivity contribution in [3.05, 3.63) is 29.2 Å². The van der Waals surface area contributed by atoms with Crippen LogP contribution in [0.4, 0.5) is 23.4 Å². The number of hydrogen-bond acceptors (Lipinski definition) is 7. The molecule has 0 radical (unpaired) electrons. The Morgan fingerprint density at radius 3 is 2.42 bits per heavy atom. The van der Waals surface area contributed by atoms with E-state index in [0.717, 1.165) is 12.1 Å². The van der Waals surface area contributed by atoms with Gasteiger partial charge < -0.3 is 9.64 Å². The Labute approximate surface area is 174 Å². The van der Waals surface area contributed by atoms with Gasteiger partial charge in [-0.3, -0.25) is 14.4 Å². The van der Waals surface area contributed by atoms with Gasteiger partial charge in [0.2, 0.25) is 0 Å². The van der Waals surface area contributed by atoms with E-state index in [0.29, 0.717) is 0 Å². The third kappa shape index (κ3) is 4.55. The van der Waals surface area contributed by atoms with E-state index in [-0.39, 0.29) is 43.6 Å². The highest BCUT2D eigenvalue weighted by atomic mass is 19.4. The van der Waals surface area contributed by atoms with Crippen molar-refractivity contribution < 1.29 is 36.7 Å². The number of ketones is 3. The minimum absolute atomic E-state index is 0.0716. The first-order valence-electron chi connectivity index (χ1n) is 9.42. The van der Waals surface area contributed by atoms with Gasteiger partial charge in [-0.25, -0.2) is 14.4 Å². The number of carbonyl (C=O) groups is 3. The van der Waals surface area contributed by atoms with E-state index >= 15 is 0 Å². The molecular weight excluding hydrogens is 422 g/mol. The largest absolute Gasteiger partial charge is 0.434 e. The zero-order valence-electron chi connectivity index (χ0n) is 16.8. The average molecular weight is 441 g/mol. The van der Waals surface area contributed by atoms with Gasteiger partial charge in [0.05, 0.1) is 12.2 Å². The highest BCUT2D eigenvalue weighted by molar-refractivity contribution is 6.25. The summed E-state index contributed by atoms with van der Waals surface area (Å²) in [5.41, 5.74) is -2.94. The molecule has 0 spiro atoms. The van der Waals surface area contributed by atoms with Gasteiger partial charge in [0.25, 0.3) is 0 Å². The highest BCUT2D eigenvalue weighted by Crippen LogP contribution is 2.35. The van der Waals surface area contributed by atoms with Crippen molar-refractivity contribution in [2.45, 2.75) is 25.4 Å². The molecule has 0 amide bonds. The van der Waals surface area contributed by atoms with Gasteiger partial charge in [-0.2, -0.15) is 13.2 Å². The molecule has 3 rings (SSSR count). The van der Waals surface area contributed by atoms with Crippen LogP contribution in [0.15, 0.2) is 12.1 Å². The molecule has 166 valence electrons. The molecule has 0 N–H and O–H groups in total. The SMILES string of the molecule is COCCN(C)c1nc2nc(C(F)(F)F)c(C(=O)C3C(=O)CCCC3=O)cc2cc1F. The molecule has 2 aromatic rings. The molecular formula is C20H19F4N3O4. The van der Waals surface area contributed by atoms with E-state index in [9.17, 15) is 31.9 Å². The molecule has 11 heteroatoms. The van der Waals surface area contributed by atoms with Crippen LogP contribution in [0.1, 0.15) is 35.3 Å². The van der Waals surface area contributed by atoms with Crippen molar-refractivity contribution in [2.24, 2.45) is 5.92 Å². The lowest BCUT2D eigenvalue weighted by Crippen LogP contribution is -2.36. The van der Waals surface area contributed by atoms with E-state index in [1.54, 1.807) is 0 Å². The topological polar surface area (TPSA) is 89.5 Å². The van der Waals surface area contributed by atoms with Crippen LogP contribution in [-0.4, -0.2) is 54.6 Å². The summed E-state index contributed by atoms with van der Waals surface area (Å²) in [7, 11) is 2.93. The molecule has 7 nitrogen and oxygen atoms in total. The Kier molecular flexibility index (Phi) is 6.35. The maximum atomic E-state index is 14.6. The predicted octanol–water partition coefficient (Wildman–Crippen LogP) is 2.99. The second-order valence-electron chi connectivity index (χ2n) is 7.22. The van der Waals surface area contributed by atoms with Crippen LogP contribution < -0.4 is 4.90 Å². The second-order valence-corrected chi connectivity index (χ2v) is 7.22. The van der Waals surface area contributed by atoms with Gasteiger partial charge >= 0.3 is 6.18 Å². The van der Waals surface area contributed by atoms with E-state index in [4.69, 9.17) is 4.74 Å². The summed E-state index contributed by atoms with van der Waals surface area (Å²) in [6.45, 7) is 0.453. The standard InChI is InChI=1S/C20H19F4N3O4/c1-27(6-7-31-2)19-12(21)9-10-8-11(17(20(22,23)24)25-18(10)26-19)16(30)15-13(28)4-3-5-14(15)29/h8-9,15H,3-7H2,1-2H3. The summed E-state index contributed by atoms with van der Waals surface area (Å²) in [5, 5.41) is -0.159. The zero-order valence-corrected chi connectivity index (χ0v) is 16.8. The molecule has 1 aliphatic rings. The van der Waals surface area contributed by atoms with Gasteiger partial charge in [0, 0.05) is 38.9 Å². The number of alkyl halides is 3. The summed E-state index contributed by atoms with van der Waals surface area (Å²) < 4.78 is 60.5. The van der Waals surface area contributed by atoms with Crippen molar-refractivity contribution in [2.75, 3.05) is 32.2 Å². The first-order valence-corrected chi connectivity index (χ1v) is 9.42. The fourth-order valence-electron chi connectivity index (χ4n) is 3.43. The molecule has 1 saturated carbocycles. The molecule has 1 aliphatic carbocycles. The van der Waals surface area contributed by atoms with Crippen LogP contribution >= 0.6 is 0 Å². The average Bonchev–Trinajstić information content (AvgIpc) is 2.69. The minimum Gasteiger partial charge on any atom is -0.383 e. The Hall–Kier alpha value is -2.95. The Morgan fingerprint density at radius 1 is 1.19 bits per heavy atom. The Bertz CT molecular complexity index is 1040. The molecule has 31 heavy (non-hydrogen) atoms. The summed E-state index contributed by atoms with van der Waals surface area (Å²) >= 11 is 0. The van der Waals surface area contributed by atoms with Crippen molar-refractivity contribution in [1.82, 2.24) is 9.97 Å². The number of anilines is 1. The first kappa shape index (κ1) is 22.7. The lowest BCUT2D eigenvalue weighted by Gasteiger charge is -2.21. The number of Topliss-reactive ketones (excluding diaryl/α,β-unsaturated/α-hetero) is 3. The van der Waals surface area contributed by atoms with Gasteiger partial charge in [0.15, 0.2) is 40.3 Å². The third-order valence-electron chi connectivity index (χ3n) is 5.02. The summed E-state index contributed by atoms with van der Waals surface area (Å²) in [6, 6.07) is 1.70. The molecule has 2 heterocycles. The van der Waals surface area contributed by atoms with E-state index in [1.165, 1.54) is 19.1 Å². The van der Waals surface area contributed by atoms with Crippen molar-refractivity contribution in [1.29, 1.82) is 0 Å². The fraction of sp³-hybridized carbons (Fsp3) is 0.450. The van der Waals surface area contributed by atoms with E-state index in [1.807, 2.05) is 0 Å². The number of halogens is 4. The molecule has 0 unspecified atom stereocenters. The molecule has 0 atom stereocenters. The Balaban J connectivity index is 2.14. The normalized spacial score (nSPS) is 15.5. The quantitative estimate of drug-likeness (QED) is 0.387. The molecule has 0 saturated heterocycles. The van der Waals surface area contributed by atoms with Gasteiger partial charge in [-0.1, -0.05) is 0 Å². The van der Waals surface area contributed by atoms with Crippen LogP contribution in [0.3, 0.4) is 0 Å². The van der Waals surface area contributed by atoms with Gasteiger partial charge in [-0.15, -0.1) is 0 Å². The van der Waals surface area contributed by atoms with Crippen LogP contribution in [0.25, 0.3) is 11.0 Å². The Morgan fingerprint density at radius 2 is 1.84 bits per heavy atom. The fourth-order valence-corrected chi connectivity index (χ4v) is 3.43. The molecule has 1 fully saturated rings. The molecule has 0 aromatic carbocycles.